The molecule has 2 atom stereocenters. The summed E-state index contributed by atoms with van der Waals surface area (Å²) in [5.74, 6) is -0.429. The SMILES string of the molecule is CC(C)[C@H](N)C(=O)NCC(=O)NCC(C)N1CCN(c2ccccc2)CC1.Cl.Cl.Cl. The van der Waals surface area contributed by atoms with E-state index in [0.29, 0.717) is 6.54 Å². The zero-order chi connectivity index (χ0) is 19.8. The van der Waals surface area contributed by atoms with Crippen LogP contribution in [0, 0.1) is 5.92 Å². The van der Waals surface area contributed by atoms with Gasteiger partial charge in [-0.05, 0) is 25.0 Å². The highest BCUT2D eigenvalue weighted by Gasteiger charge is 2.22. The number of nitrogens with two attached hydrogens (primary N) is 1. The van der Waals surface area contributed by atoms with Gasteiger partial charge in [0.25, 0.3) is 0 Å². The number of carbonyl (C=O) groups is 2. The summed E-state index contributed by atoms with van der Waals surface area (Å²) in [5, 5.41) is 5.49. The number of rotatable bonds is 8. The molecule has 1 aromatic rings. The van der Waals surface area contributed by atoms with Crippen LogP contribution in [0.25, 0.3) is 0 Å². The lowest BCUT2D eigenvalue weighted by molar-refractivity contribution is -0.127. The number of hydrogen-bond donors (Lipinski definition) is 3. The zero-order valence-electron chi connectivity index (χ0n) is 17.9. The molecule has 30 heavy (non-hydrogen) atoms. The maximum Gasteiger partial charge on any atom is 0.239 e. The molecule has 1 saturated heterocycles. The summed E-state index contributed by atoms with van der Waals surface area (Å²) in [6.45, 7) is 10.3. The summed E-state index contributed by atoms with van der Waals surface area (Å²) in [6.07, 6.45) is 0. The number of piperazine rings is 1. The third kappa shape index (κ3) is 9.71. The average molecular weight is 485 g/mol. The molecule has 7 nitrogen and oxygen atoms in total. The summed E-state index contributed by atoms with van der Waals surface area (Å²) in [5.41, 5.74) is 7.02. The second kappa shape index (κ2) is 15.5. The van der Waals surface area contributed by atoms with Crippen molar-refractivity contribution in [1.29, 1.82) is 0 Å². The van der Waals surface area contributed by atoms with Crippen molar-refractivity contribution in [2.24, 2.45) is 11.7 Å². The number of halogens is 3. The smallest absolute Gasteiger partial charge is 0.239 e. The van der Waals surface area contributed by atoms with Gasteiger partial charge in [-0.15, -0.1) is 37.2 Å². The minimum atomic E-state index is -0.586. The molecular formula is C20H36Cl3N5O2. The molecule has 4 N–H and O–H groups in total. The fraction of sp³-hybridized carbons (Fsp3) is 0.600. The van der Waals surface area contributed by atoms with Gasteiger partial charge in [-0.1, -0.05) is 32.0 Å². The van der Waals surface area contributed by atoms with E-state index in [-0.39, 0.29) is 67.5 Å². The average Bonchev–Trinajstić information content (AvgIpc) is 2.70. The van der Waals surface area contributed by atoms with Gasteiger partial charge in [-0.2, -0.15) is 0 Å². The lowest BCUT2D eigenvalue weighted by atomic mass is 10.1. The Morgan fingerprint density at radius 1 is 0.967 bits per heavy atom. The van der Waals surface area contributed by atoms with Gasteiger partial charge >= 0.3 is 0 Å². The maximum atomic E-state index is 12.0. The third-order valence-corrected chi connectivity index (χ3v) is 5.10. The van der Waals surface area contributed by atoms with Crippen LogP contribution in [-0.2, 0) is 9.59 Å². The molecule has 1 heterocycles. The normalized spacial score (nSPS) is 15.7. The first-order valence-corrected chi connectivity index (χ1v) is 9.72. The lowest BCUT2D eigenvalue weighted by Crippen LogP contribution is -2.53. The van der Waals surface area contributed by atoms with Crippen molar-refractivity contribution >= 4 is 54.7 Å². The van der Waals surface area contributed by atoms with E-state index in [9.17, 15) is 9.59 Å². The Morgan fingerprint density at radius 3 is 2.07 bits per heavy atom. The number of para-hydroxylation sites is 1. The molecule has 10 heteroatoms. The molecule has 174 valence electrons. The van der Waals surface area contributed by atoms with Crippen molar-refractivity contribution in [3.05, 3.63) is 30.3 Å². The molecular weight excluding hydrogens is 449 g/mol. The quantitative estimate of drug-likeness (QED) is 0.522. The van der Waals surface area contributed by atoms with Crippen molar-refractivity contribution in [3.8, 4) is 0 Å². The third-order valence-electron chi connectivity index (χ3n) is 5.10. The largest absolute Gasteiger partial charge is 0.369 e. The molecule has 2 amide bonds. The minimum absolute atomic E-state index is 0. The van der Waals surface area contributed by atoms with E-state index >= 15 is 0 Å². The summed E-state index contributed by atoms with van der Waals surface area (Å²) in [7, 11) is 0. The molecule has 1 aromatic carbocycles. The monoisotopic (exact) mass is 483 g/mol. The fourth-order valence-corrected chi connectivity index (χ4v) is 3.10. The Bertz CT molecular complexity index is 614. The topological polar surface area (TPSA) is 90.7 Å². The number of nitrogens with one attached hydrogen (secondary N) is 2. The van der Waals surface area contributed by atoms with Gasteiger partial charge in [0, 0.05) is 44.5 Å². The number of benzene rings is 1. The first kappa shape index (κ1) is 30.9. The summed E-state index contributed by atoms with van der Waals surface area (Å²) < 4.78 is 0. The van der Waals surface area contributed by atoms with Crippen molar-refractivity contribution in [2.75, 3.05) is 44.2 Å². The van der Waals surface area contributed by atoms with Crippen LogP contribution in [-0.4, -0.2) is 68.1 Å². The molecule has 0 spiro atoms. The van der Waals surface area contributed by atoms with Gasteiger partial charge in [0.15, 0.2) is 0 Å². The van der Waals surface area contributed by atoms with Crippen LogP contribution in [0.4, 0.5) is 5.69 Å². The Morgan fingerprint density at radius 2 is 1.53 bits per heavy atom. The van der Waals surface area contributed by atoms with E-state index in [2.05, 4.69) is 51.6 Å². The van der Waals surface area contributed by atoms with Gasteiger partial charge in [0.2, 0.25) is 11.8 Å². The van der Waals surface area contributed by atoms with Crippen LogP contribution in [0.5, 0.6) is 0 Å². The van der Waals surface area contributed by atoms with E-state index in [1.807, 2.05) is 19.9 Å². The number of carbonyl (C=O) groups excluding carboxylic acids is 2. The number of anilines is 1. The van der Waals surface area contributed by atoms with Crippen molar-refractivity contribution in [1.82, 2.24) is 15.5 Å². The van der Waals surface area contributed by atoms with Gasteiger partial charge in [-0.25, -0.2) is 0 Å². The highest BCUT2D eigenvalue weighted by molar-refractivity contribution is 5.87. The second-order valence-corrected chi connectivity index (χ2v) is 7.50. The molecule has 2 rings (SSSR count). The van der Waals surface area contributed by atoms with Crippen LogP contribution in [0.2, 0.25) is 0 Å². The van der Waals surface area contributed by atoms with E-state index < -0.39 is 6.04 Å². The Balaban J connectivity index is 0. The lowest BCUT2D eigenvalue weighted by Gasteiger charge is -2.39. The first-order valence-electron chi connectivity index (χ1n) is 9.72. The van der Waals surface area contributed by atoms with Gasteiger partial charge in [0.1, 0.15) is 0 Å². The molecule has 0 saturated carbocycles. The fourth-order valence-electron chi connectivity index (χ4n) is 3.10. The van der Waals surface area contributed by atoms with Crippen LogP contribution in [0.3, 0.4) is 0 Å². The molecule has 0 aliphatic carbocycles. The predicted molar refractivity (Wildman–Crippen MR) is 130 cm³/mol. The van der Waals surface area contributed by atoms with Crippen LogP contribution in [0.15, 0.2) is 30.3 Å². The minimum Gasteiger partial charge on any atom is -0.369 e. The van der Waals surface area contributed by atoms with Crippen LogP contribution < -0.4 is 21.3 Å². The maximum absolute atomic E-state index is 12.0. The molecule has 1 unspecified atom stereocenters. The predicted octanol–water partition coefficient (Wildman–Crippen LogP) is 1.68. The summed E-state index contributed by atoms with van der Waals surface area (Å²) in [6, 6.07) is 10.1. The molecule has 1 aliphatic rings. The Kier molecular flexibility index (Phi) is 16.0. The van der Waals surface area contributed by atoms with Crippen LogP contribution >= 0.6 is 37.2 Å². The zero-order valence-corrected chi connectivity index (χ0v) is 20.3. The van der Waals surface area contributed by atoms with E-state index in [1.165, 1.54) is 5.69 Å². The van der Waals surface area contributed by atoms with E-state index in [0.717, 1.165) is 26.2 Å². The number of nitrogens with zero attached hydrogens (tertiary/aromatic N) is 2. The van der Waals surface area contributed by atoms with Gasteiger partial charge in [-0.3, -0.25) is 14.5 Å². The highest BCUT2D eigenvalue weighted by atomic mass is 35.5. The molecule has 1 aliphatic heterocycles. The molecule has 0 bridgehead atoms. The number of amides is 2. The summed E-state index contributed by atoms with van der Waals surface area (Å²) in [4.78, 5) is 28.5. The van der Waals surface area contributed by atoms with Crippen molar-refractivity contribution < 1.29 is 9.59 Å². The standard InChI is InChI=1S/C20H33N5O2.3ClH/c1-15(2)19(21)20(27)23-14-18(26)22-13-16(3)24-9-11-25(12-10-24)17-7-5-4-6-8-17;;;/h4-8,15-16,19H,9-14,21H2,1-3H3,(H,22,26)(H,23,27);3*1H/t16?,19-;;;/m0.../s1. The summed E-state index contributed by atoms with van der Waals surface area (Å²) >= 11 is 0. The van der Waals surface area contributed by atoms with Gasteiger partial charge < -0.3 is 21.3 Å². The van der Waals surface area contributed by atoms with Crippen LogP contribution in [0.1, 0.15) is 20.8 Å². The van der Waals surface area contributed by atoms with E-state index in [4.69, 9.17) is 5.73 Å². The van der Waals surface area contributed by atoms with E-state index in [1.54, 1.807) is 0 Å². The van der Waals surface area contributed by atoms with Crippen molar-refractivity contribution in [2.45, 2.75) is 32.9 Å². The van der Waals surface area contributed by atoms with Crippen molar-refractivity contribution in [3.63, 3.8) is 0 Å². The highest BCUT2D eigenvalue weighted by Crippen LogP contribution is 2.16. The van der Waals surface area contributed by atoms with Gasteiger partial charge in [0.05, 0.1) is 12.6 Å². The Hall–Kier alpha value is -1.25. The molecule has 0 aromatic heterocycles. The Labute approximate surface area is 198 Å². The second-order valence-electron chi connectivity index (χ2n) is 7.50. The molecule has 0 radical (unpaired) electrons. The molecule has 1 fully saturated rings. The first-order chi connectivity index (χ1) is 12.9. The number of hydrogen-bond acceptors (Lipinski definition) is 5.